The van der Waals surface area contributed by atoms with E-state index in [4.69, 9.17) is 10.3 Å². The minimum absolute atomic E-state index is 0.297. The van der Waals surface area contributed by atoms with Crippen molar-refractivity contribution in [3.8, 4) is 11.3 Å². The summed E-state index contributed by atoms with van der Waals surface area (Å²) in [4.78, 5) is 1.18. The molecule has 0 radical (unpaired) electrons. The quantitative estimate of drug-likeness (QED) is 0.840. The van der Waals surface area contributed by atoms with Gasteiger partial charge in [-0.25, -0.2) is 0 Å². The van der Waals surface area contributed by atoms with Gasteiger partial charge in [0.15, 0.2) is 0 Å². The molecule has 4 heteroatoms. The summed E-state index contributed by atoms with van der Waals surface area (Å²) >= 11 is 1.70. The lowest BCUT2D eigenvalue weighted by molar-refractivity contribution is 0.438. The molecule has 2 aromatic rings. The number of hydrogen-bond acceptors (Lipinski definition) is 4. The third-order valence-electron chi connectivity index (χ3n) is 2.70. The first-order valence-electron chi connectivity index (χ1n) is 5.53. The number of anilines is 1. The van der Waals surface area contributed by atoms with Gasteiger partial charge in [-0.15, -0.1) is 11.8 Å². The average Bonchev–Trinajstić information content (AvgIpc) is 2.71. The van der Waals surface area contributed by atoms with Crippen LogP contribution in [0.25, 0.3) is 11.3 Å². The monoisotopic (exact) mass is 248 g/mol. The first-order valence-corrected chi connectivity index (χ1v) is 6.76. The van der Waals surface area contributed by atoms with Crippen LogP contribution < -0.4 is 5.73 Å². The molecule has 2 N–H and O–H groups in total. The van der Waals surface area contributed by atoms with Crippen LogP contribution in [-0.4, -0.2) is 11.4 Å². The van der Waals surface area contributed by atoms with E-state index in [1.165, 1.54) is 4.90 Å². The van der Waals surface area contributed by atoms with Crippen LogP contribution in [0.5, 0.6) is 0 Å². The van der Waals surface area contributed by atoms with Crippen LogP contribution in [0.3, 0.4) is 0 Å². The van der Waals surface area contributed by atoms with Crippen LogP contribution in [0.4, 0.5) is 5.88 Å². The number of aromatic nitrogens is 1. The molecule has 17 heavy (non-hydrogen) atoms. The minimum atomic E-state index is 0.297. The van der Waals surface area contributed by atoms with Crippen molar-refractivity contribution in [2.75, 3.05) is 12.0 Å². The molecule has 0 spiro atoms. The largest absolute Gasteiger partial charge is 0.367 e. The highest BCUT2D eigenvalue weighted by molar-refractivity contribution is 7.98. The smallest absolute Gasteiger partial charge is 0.226 e. The maximum atomic E-state index is 5.84. The lowest BCUT2D eigenvalue weighted by Crippen LogP contribution is -1.95. The Bertz CT molecular complexity index is 520. The molecule has 0 unspecified atom stereocenters. The van der Waals surface area contributed by atoms with E-state index in [9.17, 15) is 0 Å². The minimum Gasteiger partial charge on any atom is -0.367 e. The predicted octanol–water partition coefficient (Wildman–Crippen LogP) is 3.77. The van der Waals surface area contributed by atoms with Crippen molar-refractivity contribution in [2.24, 2.45) is 0 Å². The van der Waals surface area contributed by atoms with Gasteiger partial charge in [-0.2, -0.15) is 0 Å². The molecule has 0 atom stereocenters. The van der Waals surface area contributed by atoms with Crippen molar-refractivity contribution in [1.29, 1.82) is 0 Å². The van der Waals surface area contributed by atoms with E-state index in [1.54, 1.807) is 11.8 Å². The Balaban J connectivity index is 2.60. The Labute approximate surface area is 105 Å². The second-order valence-corrected chi connectivity index (χ2v) is 5.01. The normalized spacial score (nSPS) is 11.1. The van der Waals surface area contributed by atoms with Crippen LogP contribution >= 0.6 is 11.8 Å². The van der Waals surface area contributed by atoms with Gasteiger partial charge in [0.25, 0.3) is 0 Å². The van der Waals surface area contributed by atoms with Crippen molar-refractivity contribution in [3.05, 3.63) is 29.8 Å². The Morgan fingerprint density at radius 1 is 1.29 bits per heavy atom. The molecule has 90 valence electrons. The van der Waals surface area contributed by atoms with Gasteiger partial charge in [0, 0.05) is 16.0 Å². The van der Waals surface area contributed by atoms with Crippen molar-refractivity contribution >= 4 is 17.6 Å². The SMILES string of the molecule is CSc1ccccc1-c1noc(N)c1C(C)C. The highest BCUT2D eigenvalue weighted by Gasteiger charge is 2.19. The summed E-state index contributed by atoms with van der Waals surface area (Å²) < 4.78 is 5.13. The zero-order chi connectivity index (χ0) is 12.4. The second-order valence-electron chi connectivity index (χ2n) is 4.16. The Kier molecular flexibility index (Phi) is 3.43. The van der Waals surface area contributed by atoms with Crippen molar-refractivity contribution in [2.45, 2.75) is 24.7 Å². The summed E-state index contributed by atoms with van der Waals surface area (Å²) in [6.07, 6.45) is 2.05. The first-order chi connectivity index (χ1) is 8.15. The molecular formula is C13H16N2OS. The number of nitrogens with two attached hydrogens (primary N) is 1. The zero-order valence-corrected chi connectivity index (χ0v) is 11.0. The standard InChI is InChI=1S/C13H16N2OS/c1-8(2)11-12(15-16-13(11)14)9-6-4-5-7-10(9)17-3/h4-8H,14H2,1-3H3. The highest BCUT2D eigenvalue weighted by atomic mass is 32.2. The van der Waals surface area contributed by atoms with Gasteiger partial charge in [0.2, 0.25) is 5.88 Å². The molecule has 1 aromatic carbocycles. The number of nitrogen functional groups attached to an aromatic ring is 1. The van der Waals surface area contributed by atoms with Gasteiger partial charge >= 0.3 is 0 Å². The van der Waals surface area contributed by atoms with Crippen molar-refractivity contribution in [1.82, 2.24) is 5.16 Å². The number of hydrogen-bond donors (Lipinski definition) is 1. The fraction of sp³-hybridized carbons (Fsp3) is 0.308. The number of benzene rings is 1. The Hall–Kier alpha value is -1.42. The summed E-state index contributed by atoms with van der Waals surface area (Å²) in [7, 11) is 0. The van der Waals surface area contributed by atoms with Crippen LogP contribution in [0, 0.1) is 0 Å². The van der Waals surface area contributed by atoms with Crippen molar-refractivity contribution in [3.63, 3.8) is 0 Å². The highest BCUT2D eigenvalue weighted by Crippen LogP contribution is 2.37. The van der Waals surface area contributed by atoms with Crippen LogP contribution in [0.15, 0.2) is 33.7 Å². The van der Waals surface area contributed by atoms with Gasteiger partial charge in [-0.05, 0) is 18.2 Å². The van der Waals surface area contributed by atoms with Gasteiger partial charge in [-0.1, -0.05) is 37.2 Å². The molecule has 0 amide bonds. The maximum Gasteiger partial charge on any atom is 0.226 e. The molecule has 0 aliphatic heterocycles. The summed E-state index contributed by atoms with van der Waals surface area (Å²) in [5.74, 6) is 0.720. The predicted molar refractivity (Wildman–Crippen MR) is 72.2 cm³/mol. The maximum absolute atomic E-state index is 5.84. The van der Waals surface area contributed by atoms with E-state index < -0.39 is 0 Å². The van der Waals surface area contributed by atoms with E-state index >= 15 is 0 Å². The third kappa shape index (κ3) is 2.17. The summed E-state index contributed by atoms with van der Waals surface area (Å²) in [5.41, 5.74) is 8.78. The van der Waals surface area contributed by atoms with Gasteiger partial charge in [0.05, 0.1) is 0 Å². The van der Waals surface area contributed by atoms with E-state index in [0.29, 0.717) is 11.8 Å². The fourth-order valence-electron chi connectivity index (χ4n) is 1.90. The molecule has 1 aromatic heterocycles. The number of thioether (sulfide) groups is 1. The Morgan fingerprint density at radius 3 is 2.65 bits per heavy atom. The van der Waals surface area contributed by atoms with E-state index in [0.717, 1.165) is 16.8 Å². The van der Waals surface area contributed by atoms with Gasteiger partial charge in [0.1, 0.15) is 5.69 Å². The molecule has 2 rings (SSSR count). The lowest BCUT2D eigenvalue weighted by atomic mass is 9.99. The van der Waals surface area contributed by atoms with Crippen LogP contribution in [0.2, 0.25) is 0 Å². The van der Waals surface area contributed by atoms with E-state index in [1.807, 2.05) is 12.1 Å². The molecule has 0 bridgehead atoms. The topological polar surface area (TPSA) is 52.0 Å². The molecule has 0 aliphatic rings. The van der Waals surface area contributed by atoms with Crippen molar-refractivity contribution < 1.29 is 4.52 Å². The van der Waals surface area contributed by atoms with Gasteiger partial charge in [-0.3, -0.25) is 0 Å². The zero-order valence-electron chi connectivity index (χ0n) is 10.2. The fourth-order valence-corrected chi connectivity index (χ4v) is 2.50. The molecule has 1 heterocycles. The van der Waals surface area contributed by atoms with Gasteiger partial charge < -0.3 is 10.3 Å². The summed E-state index contributed by atoms with van der Waals surface area (Å²) in [5, 5.41) is 4.10. The molecule has 0 saturated heterocycles. The number of rotatable bonds is 3. The summed E-state index contributed by atoms with van der Waals surface area (Å²) in [6, 6.07) is 8.15. The molecule has 0 aliphatic carbocycles. The van der Waals surface area contributed by atoms with E-state index in [-0.39, 0.29) is 0 Å². The van der Waals surface area contributed by atoms with Crippen LogP contribution in [-0.2, 0) is 0 Å². The number of nitrogens with zero attached hydrogens (tertiary/aromatic N) is 1. The average molecular weight is 248 g/mol. The molecule has 0 fully saturated rings. The molecule has 0 saturated carbocycles. The summed E-state index contributed by atoms with van der Waals surface area (Å²) in [6.45, 7) is 4.18. The third-order valence-corrected chi connectivity index (χ3v) is 3.49. The van der Waals surface area contributed by atoms with Crippen LogP contribution in [0.1, 0.15) is 25.3 Å². The Morgan fingerprint density at radius 2 is 2.00 bits per heavy atom. The first kappa shape index (κ1) is 12.0. The van der Waals surface area contributed by atoms with E-state index in [2.05, 4.69) is 37.4 Å². The lowest BCUT2D eigenvalue weighted by Gasteiger charge is -2.08. The molecular weight excluding hydrogens is 232 g/mol. The molecule has 3 nitrogen and oxygen atoms in total. The second kappa shape index (κ2) is 4.84.